The first-order valence-corrected chi connectivity index (χ1v) is 8.06. The second-order valence-electron chi connectivity index (χ2n) is 5.58. The van der Waals surface area contributed by atoms with E-state index >= 15 is 0 Å². The highest BCUT2D eigenvalue weighted by Gasteiger charge is 2.42. The standard InChI is InChI=1S/C14H21N3O3S/c1-3-5-14(11(18)19)6-4-7-17(9-14)13(20)16-12-15-10(2)8-21-12/h8H,3-7,9H2,1-2H3,(H,18,19)(H,15,16,20). The van der Waals surface area contributed by atoms with E-state index in [0.29, 0.717) is 24.5 Å². The topological polar surface area (TPSA) is 82.5 Å². The van der Waals surface area contributed by atoms with Gasteiger partial charge in [-0.05, 0) is 26.2 Å². The number of carbonyl (C=O) groups is 2. The summed E-state index contributed by atoms with van der Waals surface area (Å²) in [7, 11) is 0. The number of carbonyl (C=O) groups excluding carboxylic acids is 1. The first-order chi connectivity index (χ1) is 9.97. The molecule has 1 unspecified atom stereocenters. The number of aryl methyl sites for hydroxylation is 1. The molecule has 1 fully saturated rings. The first kappa shape index (κ1) is 15.8. The molecule has 21 heavy (non-hydrogen) atoms. The largest absolute Gasteiger partial charge is 0.481 e. The van der Waals surface area contributed by atoms with Gasteiger partial charge in [0.05, 0.1) is 11.1 Å². The number of likely N-dealkylation sites (tertiary alicyclic amines) is 1. The first-order valence-electron chi connectivity index (χ1n) is 7.18. The van der Waals surface area contributed by atoms with Crippen molar-refractivity contribution in [3.63, 3.8) is 0 Å². The van der Waals surface area contributed by atoms with Crippen LogP contribution in [0.3, 0.4) is 0 Å². The minimum absolute atomic E-state index is 0.259. The van der Waals surface area contributed by atoms with Crippen LogP contribution in [0.5, 0.6) is 0 Å². The van der Waals surface area contributed by atoms with E-state index in [1.54, 1.807) is 4.90 Å². The van der Waals surface area contributed by atoms with Crippen molar-refractivity contribution in [3.05, 3.63) is 11.1 Å². The summed E-state index contributed by atoms with van der Waals surface area (Å²) in [6.07, 6.45) is 2.75. The summed E-state index contributed by atoms with van der Waals surface area (Å²) < 4.78 is 0. The molecule has 0 radical (unpaired) electrons. The van der Waals surface area contributed by atoms with Crippen LogP contribution in [0.25, 0.3) is 0 Å². The van der Waals surface area contributed by atoms with Crippen LogP contribution >= 0.6 is 11.3 Å². The van der Waals surface area contributed by atoms with Gasteiger partial charge in [-0.1, -0.05) is 13.3 Å². The quantitative estimate of drug-likeness (QED) is 0.895. The van der Waals surface area contributed by atoms with E-state index in [1.807, 2.05) is 19.2 Å². The molecular weight excluding hydrogens is 290 g/mol. The number of anilines is 1. The Bertz CT molecular complexity index is 527. The maximum Gasteiger partial charge on any atom is 0.323 e. The zero-order chi connectivity index (χ0) is 15.5. The third-order valence-electron chi connectivity index (χ3n) is 3.88. The van der Waals surface area contributed by atoms with Crippen molar-refractivity contribution >= 4 is 28.5 Å². The Morgan fingerprint density at radius 1 is 1.57 bits per heavy atom. The summed E-state index contributed by atoms with van der Waals surface area (Å²) in [6.45, 7) is 4.70. The van der Waals surface area contributed by atoms with Gasteiger partial charge in [-0.2, -0.15) is 0 Å². The van der Waals surface area contributed by atoms with Gasteiger partial charge in [0.1, 0.15) is 0 Å². The molecule has 2 rings (SSSR count). The molecule has 2 N–H and O–H groups in total. The molecule has 2 heterocycles. The number of amides is 2. The van der Waals surface area contributed by atoms with Crippen LogP contribution in [0.1, 0.15) is 38.3 Å². The van der Waals surface area contributed by atoms with Crippen molar-refractivity contribution in [2.75, 3.05) is 18.4 Å². The molecule has 2 amide bonds. The van der Waals surface area contributed by atoms with Gasteiger partial charge >= 0.3 is 12.0 Å². The van der Waals surface area contributed by atoms with E-state index in [9.17, 15) is 14.7 Å². The summed E-state index contributed by atoms with van der Waals surface area (Å²) in [4.78, 5) is 29.7. The van der Waals surface area contributed by atoms with Crippen LogP contribution in [-0.2, 0) is 4.79 Å². The second-order valence-corrected chi connectivity index (χ2v) is 6.44. The zero-order valence-corrected chi connectivity index (χ0v) is 13.2. The monoisotopic (exact) mass is 311 g/mol. The van der Waals surface area contributed by atoms with Gasteiger partial charge in [0.15, 0.2) is 5.13 Å². The number of hydrogen-bond donors (Lipinski definition) is 2. The SMILES string of the molecule is CCCC1(C(=O)O)CCCN(C(=O)Nc2nc(C)cs2)C1. The molecule has 0 aromatic carbocycles. The van der Waals surface area contributed by atoms with Crippen LogP contribution in [0, 0.1) is 12.3 Å². The number of aliphatic carboxylic acids is 1. The van der Waals surface area contributed by atoms with Crippen molar-refractivity contribution in [2.24, 2.45) is 5.41 Å². The minimum Gasteiger partial charge on any atom is -0.481 e. The van der Waals surface area contributed by atoms with Crippen molar-refractivity contribution in [1.82, 2.24) is 9.88 Å². The van der Waals surface area contributed by atoms with E-state index in [1.165, 1.54) is 11.3 Å². The molecule has 1 aliphatic rings. The number of aromatic nitrogens is 1. The fourth-order valence-corrected chi connectivity index (χ4v) is 3.53. The fourth-order valence-electron chi connectivity index (χ4n) is 2.85. The molecule has 0 saturated carbocycles. The molecule has 1 aromatic rings. The molecule has 116 valence electrons. The number of carboxylic acid groups (broad SMARTS) is 1. The average molecular weight is 311 g/mol. The van der Waals surface area contributed by atoms with Gasteiger partial charge in [0.25, 0.3) is 0 Å². The molecule has 0 aliphatic carbocycles. The van der Waals surface area contributed by atoms with E-state index in [0.717, 1.165) is 18.5 Å². The van der Waals surface area contributed by atoms with E-state index in [-0.39, 0.29) is 12.6 Å². The molecule has 6 nitrogen and oxygen atoms in total. The summed E-state index contributed by atoms with van der Waals surface area (Å²) in [5, 5.41) is 14.7. The van der Waals surface area contributed by atoms with Gasteiger partial charge in [0.2, 0.25) is 0 Å². The third kappa shape index (κ3) is 3.53. The van der Waals surface area contributed by atoms with E-state index in [2.05, 4.69) is 10.3 Å². The van der Waals surface area contributed by atoms with Crippen LogP contribution < -0.4 is 5.32 Å². The van der Waals surface area contributed by atoms with Gasteiger partial charge in [-0.25, -0.2) is 9.78 Å². The Morgan fingerprint density at radius 3 is 2.90 bits per heavy atom. The number of hydrogen-bond acceptors (Lipinski definition) is 4. The van der Waals surface area contributed by atoms with Crippen molar-refractivity contribution in [2.45, 2.75) is 39.5 Å². The second kappa shape index (κ2) is 6.43. The maximum absolute atomic E-state index is 12.3. The lowest BCUT2D eigenvalue weighted by Gasteiger charge is -2.39. The Hall–Kier alpha value is -1.63. The van der Waals surface area contributed by atoms with Crippen molar-refractivity contribution < 1.29 is 14.7 Å². The number of nitrogens with one attached hydrogen (secondary N) is 1. The molecule has 1 aromatic heterocycles. The summed E-state index contributed by atoms with van der Waals surface area (Å²) >= 11 is 1.37. The van der Waals surface area contributed by atoms with E-state index < -0.39 is 11.4 Å². The summed E-state index contributed by atoms with van der Waals surface area (Å²) in [5.41, 5.74) is 0.0585. The number of urea groups is 1. The number of rotatable bonds is 4. The highest BCUT2D eigenvalue weighted by Crippen LogP contribution is 2.35. The lowest BCUT2D eigenvalue weighted by Crippen LogP contribution is -2.51. The fraction of sp³-hybridized carbons (Fsp3) is 0.643. The van der Waals surface area contributed by atoms with Gasteiger partial charge < -0.3 is 10.0 Å². The lowest BCUT2D eigenvalue weighted by atomic mass is 9.76. The molecule has 0 spiro atoms. The Kier molecular flexibility index (Phi) is 4.82. The molecule has 1 aliphatic heterocycles. The predicted octanol–water partition coefficient (Wildman–Crippen LogP) is 2.95. The smallest absolute Gasteiger partial charge is 0.323 e. The minimum atomic E-state index is -0.802. The highest BCUT2D eigenvalue weighted by atomic mass is 32.1. The third-order valence-corrected chi connectivity index (χ3v) is 4.75. The van der Waals surface area contributed by atoms with Crippen LogP contribution in [0.15, 0.2) is 5.38 Å². The van der Waals surface area contributed by atoms with Gasteiger partial charge in [0, 0.05) is 18.5 Å². The number of thiazole rings is 1. The van der Waals surface area contributed by atoms with Crippen molar-refractivity contribution in [1.29, 1.82) is 0 Å². The van der Waals surface area contributed by atoms with Crippen LogP contribution in [-0.4, -0.2) is 40.1 Å². The molecule has 7 heteroatoms. The Balaban J connectivity index is 2.05. The maximum atomic E-state index is 12.3. The molecule has 0 bridgehead atoms. The normalized spacial score (nSPS) is 22.1. The molecule has 1 atom stereocenters. The number of carboxylic acids is 1. The summed E-state index contributed by atoms with van der Waals surface area (Å²) in [5.74, 6) is -0.799. The van der Waals surface area contributed by atoms with Crippen molar-refractivity contribution in [3.8, 4) is 0 Å². The molecular formula is C14H21N3O3S. The number of nitrogens with zero attached hydrogens (tertiary/aromatic N) is 2. The van der Waals surface area contributed by atoms with Crippen LogP contribution in [0.2, 0.25) is 0 Å². The van der Waals surface area contributed by atoms with E-state index in [4.69, 9.17) is 0 Å². The molecule has 1 saturated heterocycles. The summed E-state index contributed by atoms with van der Waals surface area (Å²) in [6, 6.07) is -0.259. The Labute approximate surface area is 128 Å². The van der Waals surface area contributed by atoms with Gasteiger partial charge in [-0.3, -0.25) is 10.1 Å². The van der Waals surface area contributed by atoms with Crippen LogP contribution in [0.4, 0.5) is 9.93 Å². The number of piperidine rings is 1. The average Bonchev–Trinajstić information content (AvgIpc) is 2.84. The van der Waals surface area contributed by atoms with Gasteiger partial charge in [-0.15, -0.1) is 11.3 Å². The predicted molar refractivity (Wildman–Crippen MR) is 81.7 cm³/mol. The zero-order valence-electron chi connectivity index (χ0n) is 12.4. The highest BCUT2D eigenvalue weighted by molar-refractivity contribution is 7.13. The lowest BCUT2D eigenvalue weighted by molar-refractivity contribution is -0.152. The Morgan fingerprint density at radius 2 is 2.33 bits per heavy atom.